The van der Waals surface area contributed by atoms with Crippen LogP contribution in [0, 0.1) is 0 Å². The van der Waals surface area contributed by atoms with Crippen molar-refractivity contribution in [1.29, 1.82) is 0 Å². The van der Waals surface area contributed by atoms with Gasteiger partial charge in [-0.1, -0.05) is 76.2 Å². The molecule has 2 heteroatoms. The minimum atomic E-state index is 0.0234. The molecule has 1 atom stereocenters. The first-order valence-electron chi connectivity index (χ1n) is 11.0. The zero-order chi connectivity index (χ0) is 20.8. The molecule has 0 amide bonds. The van der Waals surface area contributed by atoms with Gasteiger partial charge in [0.15, 0.2) is 0 Å². The highest BCUT2D eigenvalue weighted by Crippen LogP contribution is 2.48. The number of hydrogen-bond donors (Lipinski definition) is 0. The number of hydrogen-bond acceptors (Lipinski definition) is 2. The summed E-state index contributed by atoms with van der Waals surface area (Å²) in [6, 6.07) is 18.1. The number of nitrogens with zero attached hydrogens (tertiary/aromatic N) is 2. The molecule has 0 N–H and O–H groups in total. The van der Waals surface area contributed by atoms with E-state index >= 15 is 0 Å². The standard InChI is InChI=1S/C27H34N2/c1-7-28-22-16-11-9-14-20(22)26(3,4)24(28)18-13-19-25-27(5,6)21-15-10-12-17-23(21)29(25)8-2/h9-19,24H,7-8H2,1-6H3/b18-13+,25-19+/t24-/m1/s1. The van der Waals surface area contributed by atoms with Crippen LogP contribution >= 0.6 is 0 Å². The molecule has 0 saturated heterocycles. The first-order chi connectivity index (χ1) is 13.8. The van der Waals surface area contributed by atoms with E-state index in [2.05, 4.69) is 118 Å². The number of anilines is 2. The van der Waals surface area contributed by atoms with Gasteiger partial charge < -0.3 is 9.80 Å². The van der Waals surface area contributed by atoms with E-state index in [9.17, 15) is 0 Å². The van der Waals surface area contributed by atoms with E-state index in [-0.39, 0.29) is 10.8 Å². The van der Waals surface area contributed by atoms with Crippen LogP contribution in [0.15, 0.2) is 72.5 Å². The monoisotopic (exact) mass is 386 g/mol. The van der Waals surface area contributed by atoms with E-state index in [4.69, 9.17) is 0 Å². The van der Waals surface area contributed by atoms with E-state index in [0.29, 0.717) is 6.04 Å². The van der Waals surface area contributed by atoms with Gasteiger partial charge in [-0.3, -0.25) is 0 Å². The summed E-state index contributed by atoms with van der Waals surface area (Å²) in [6.45, 7) is 15.9. The molecule has 0 radical (unpaired) electrons. The summed E-state index contributed by atoms with van der Waals surface area (Å²) >= 11 is 0. The van der Waals surface area contributed by atoms with Gasteiger partial charge in [0, 0.05) is 41.0 Å². The van der Waals surface area contributed by atoms with Crippen molar-refractivity contribution in [3.8, 4) is 0 Å². The predicted octanol–water partition coefficient (Wildman–Crippen LogP) is 6.43. The summed E-state index contributed by atoms with van der Waals surface area (Å²) in [5.41, 5.74) is 7.11. The lowest BCUT2D eigenvalue weighted by molar-refractivity contribution is 0.478. The molecule has 0 spiro atoms. The largest absolute Gasteiger partial charge is 0.364 e. The molecule has 0 aliphatic carbocycles. The van der Waals surface area contributed by atoms with Gasteiger partial charge in [0.2, 0.25) is 0 Å². The van der Waals surface area contributed by atoms with Crippen molar-refractivity contribution in [3.63, 3.8) is 0 Å². The highest BCUT2D eigenvalue weighted by Gasteiger charge is 2.42. The maximum atomic E-state index is 2.54. The Labute approximate surface area is 176 Å². The molecule has 2 aliphatic heterocycles. The van der Waals surface area contributed by atoms with Gasteiger partial charge in [0.1, 0.15) is 0 Å². The Kier molecular flexibility index (Phi) is 4.85. The maximum Gasteiger partial charge on any atom is 0.0568 e. The van der Waals surface area contributed by atoms with Crippen molar-refractivity contribution >= 4 is 11.4 Å². The number of likely N-dealkylation sites (N-methyl/N-ethyl adjacent to an activating group) is 2. The van der Waals surface area contributed by atoms with Crippen molar-refractivity contribution in [3.05, 3.63) is 83.6 Å². The number of rotatable bonds is 4. The van der Waals surface area contributed by atoms with E-state index in [1.54, 1.807) is 0 Å². The molecular formula is C27H34N2. The fourth-order valence-corrected chi connectivity index (χ4v) is 5.41. The lowest BCUT2D eigenvalue weighted by Crippen LogP contribution is -2.39. The fraction of sp³-hybridized carbons (Fsp3) is 0.407. The number of fused-ring (bicyclic) bond motifs is 2. The minimum Gasteiger partial charge on any atom is -0.364 e. The van der Waals surface area contributed by atoms with Crippen LogP contribution in [-0.4, -0.2) is 19.1 Å². The molecule has 2 aromatic carbocycles. The van der Waals surface area contributed by atoms with Crippen molar-refractivity contribution in [2.45, 2.75) is 58.4 Å². The molecule has 0 unspecified atom stereocenters. The van der Waals surface area contributed by atoms with Gasteiger partial charge in [-0.2, -0.15) is 0 Å². The Bertz CT molecular complexity index is 964. The normalized spacial score (nSPS) is 23.1. The molecule has 4 rings (SSSR count). The van der Waals surface area contributed by atoms with Crippen LogP contribution < -0.4 is 9.80 Å². The van der Waals surface area contributed by atoms with Crippen LogP contribution in [0.3, 0.4) is 0 Å². The van der Waals surface area contributed by atoms with E-state index in [1.807, 2.05) is 0 Å². The summed E-state index contributed by atoms with van der Waals surface area (Å²) in [5, 5.41) is 0. The predicted molar refractivity (Wildman–Crippen MR) is 126 cm³/mol. The summed E-state index contributed by atoms with van der Waals surface area (Å²) in [4.78, 5) is 5.00. The summed E-state index contributed by atoms with van der Waals surface area (Å²) in [7, 11) is 0. The van der Waals surface area contributed by atoms with Crippen molar-refractivity contribution < 1.29 is 0 Å². The van der Waals surface area contributed by atoms with E-state index < -0.39 is 0 Å². The maximum absolute atomic E-state index is 2.54. The summed E-state index contributed by atoms with van der Waals surface area (Å²) in [5.74, 6) is 0. The second-order valence-electron chi connectivity index (χ2n) is 9.29. The van der Waals surface area contributed by atoms with Crippen molar-refractivity contribution in [2.24, 2.45) is 0 Å². The molecule has 2 aromatic rings. The topological polar surface area (TPSA) is 6.48 Å². The Morgan fingerprint density at radius 2 is 1.45 bits per heavy atom. The SMILES string of the molecule is CCN1/C(=C/C=C/[C@H]2N(CC)c3ccccc3C2(C)C)C(C)(C)c2ccccc21. The molecule has 152 valence electrons. The third-order valence-electron chi connectivity index (χ3n) is 6.99. The Morgan fingerprint density at radius 1 is 0.828 bits per heavy atom. The quantitative estimate of drug-likeness (QED) is 0.597. The molecule has 0 fully saturated rings. The number of benzene rings is 2. The molecule has 29 heavy (non-hydrogen) atoms. The van der Waals surface area contributed by atoms with Crippen LogP contribution in [0.1, 0.15) is 52.7 Å². The van der Waals surface area contributed by atoms with Gasteiger partial charge in [0.05, 0.1) is 6.04 Å². The molecule has 0 saturated carbocycles. The first-order valence-corrected chi connectivity index (χ1v) is 11.0. The Hall–Kier alpha value is -2.48. The first kappa shape index (κ1) is 19.8. The number of allylic oxidation sites excluding steroid dienone is 3. The second kappa shape index (κ2) is 7.09. The average Bonchev–Trinajstić information content (AvgIpc) is 3.07. The van der Waals surface area contributed by atoms with Gasteiger partial charge in [-0.05, 0) is 43.2 Å². The summed E-state index contributed by atoms with van der Waals surface area (Å²) in [6.07, 6.45) is 7.05. The van der Waals surface area contributed by atoms with Gasteiger partial charge >= 0.3 is 0 Å². The average molecular weight is 387 g/mol. The lowest BCUT2D eigenvalue weighted by Gasteiger charge is -2.31. The molecule has 0 bridgehead atoms. The molecule has 2 heterocycles. The minimum absolute atomic E-state index is 0.0234. The zero-order valence-electron chi connectivity index (χ0n) is 18.7. The third kappa shape index (κ3) is 2.92. The second-order valence-corrected chi connectivity index (χ2v) is 9.29. The highest BCUT2D eigenvalue weighted by molar-refractivity contribution is 5.71. The number of para-hydroxylation sites is 2. The smallest absolute Gasteiger partial charge is 0.0568 e. The van der Waals surface area contributed by atoms with Crippen LogP contribution in [-0.2, 0) is 10.8 Å². The van der Waals surface area contributed by atoms with Crippen molar-refractivity contribution in [1.82, 2.24) is 0 Å². The van der Waals surface area contributed by atoms with Crippen LogP contribution in [0.2, 0.25) is 0 Å². The van der Waals surface area contributed by atoms with E-state index in [1.165, 1.54) is 28.2 Å². The van der Waals surface area contributed by atoms with Crippen LogP contribution in [0.5, 0.6) is 0 Å². The molecule has 2 nitrogen and oxygen atoms in total. The van der Waals surface area contributed by atoms with E-state index in [0.717, 1.165) is 13.1 Å². The zero-order valence-corrected chi connectivity index (χ0v) is 18.7. The van der Waals surface area contributed by atoms with Gasteiger partial charge in [-0.15, -0.1) is 0 Å². The Morgan fingerprint density at radius 3 is 2.10 bits per heavy atom. The van der Waals surface area contributed by atoms with Gasteiger partial charge in [-0.25, -0.2) is 0 Å². The van der Waals surface area contributed by atoms with Crippen LogP contribution in [0.25, 0.3) is 0 Å². The molecular weight excluding hydrogens is 352 g/mol. The molecule has 2 aliphatic rings. The Balaban J connectivity index is 1.69. The third-order valence-corrected chi connectivity index (χ3v) is 6.99. The van der Waals surface area contributed by atoms with Crippen molar-refractivity contribution in [2.75, 3.05) is 22.9 Å². The highest BCUT2D eigenvalue weighted by atomic mass is 15.2. The molecule has 0 aromatic heterocycles. The summed E-state index contributed by atoms with van der Waals surface area (Å²) < 4.78 is 0. The van der Waals surface area contributed by atoms with Crippen LogP contribution in [0.4, 0.5) is 11.4 Å². The fourth-order valence-electron chi connectivity index (χ4n) is 5.41. The van der Waals surface area contributed by atoms with Gasteiger partial charge in [0.25, 0.3) is 0 Å². The lowest BCUT2D eigenvalue weighted by atomic mass is 9.80.